The van der Waals surface area contributed by atoms with Crippen molar-refractivity contribution in [2.75, 3.05) is 0 Å². The van der Waals surface area contributed by atoms with Crippen molar-refractivity contribution in [2.45, 2.75) is 18.7 Å². The van der Waals surface area contributed by atoms with Gasteiger partial charge in [-0.25, -0.2) is 5.01 Å². The molecule has 0 aromatic heterocycles. The molecule has 2 unspecified atom stereocenters. The highest BCUT2D eigenvalue weighted by Crippen LogP contribution is 2.49. The number of nitrogens with zero attached hydrogens (tertiary/aromatic N) is 2. The summed E-state index contributed by atoms with van der Waals surface area (Å²) in [5.41, 5.74) is 3.42. The van der Waals surface area contributed by atoms with Crippen LogP contribution in [0.25, 0.3) is 0 Å². The lowest BCUT2D eigenvalue weighted by atomic mass is 9.96. The van der Waals surface area contributed by atoms with E-state index in [1.165, 1.54) is 0 Å². The molecule has 1 N–H and O–H groups in total. The van der Waals surface area contributed by atoms with Crippen LogP contribution in [0.15, 0.2) is 65.8 Å². The highest BCUT2D eigenvalue weighted by Gasteiger charge is 2.42. The van der Waals surface area contributed by atoms with E-state index in [-0.39, 0.29) is 11.8 Å². The first kappa shape index (κ1) is 18.6. The van der Waals surface area contributed by atoms with Crippen molar-refractivity contribution in [1.82, 2.24) is 5.01 Å². The van der Waals surface area contributed by atoms with Gasteiger partial charge in [-0.05, 0) is 54.1 Å². The number of aromatic hydroxyl groups is 1. The topological polar surface area (TPSA) is 45.1 Å². The third kappa shape index (κ3) is 3.31. The van der Waals surface area contributed by atoms with Crippen molar-refractivity contribution < 1.29 is 9.84 Å². The Morgan fingerprint density at radius 2 is 1.52 bits per heavy atom. The van der Waals surface area contributed by atoms with Gasteiger partial charge in [0, 0.05) is 27.1 Å². The molecule has 3 aromatic carbocycles. The van der Waals surface area contributed by atoms with Crippen molar-refractivity contribution in [3.8, 4) is 11.5 Å². The Morgan fingerprint density at radius 3 is 2.28 bits per heavy atom. The summed E-state index contributed by atoms with van der Waals surface area (Å²) in [5, 5.41) is 19.0. The maximum Gasteiger partial charge on any atom is 0.217 e. The van der Waals surface area contributed by atoms with Crippen LogP contribution in [0.2, 0.25) is 15.1 Å². The summed E-state index contributed by atoms with van der Waals surface area (Å²) >= 11 is 18.5. The molecule has 7 heteroatoms. The average molecular weight is 446 g/mol. The second kappa shape index (κ2) is 7.13. The van der Waals surface area contributed by atoms with Gasteiger partial charge in [0.25, 0.3) is 0 Å². The average Bonchev–Trinajstić information content (AvgIpc) is 3.16. The Balaban J connectivity index is 1.63. The van der Waals surface area contributed by atoms with Crippen LogP contribution < -0.4 is 4.74 Å². The SMILES string of the molecule is Oc1ccc(Cl)cc1C1Oc2ccc(Cl)cc2C2CC(c3ccc(Cl)cc3)=NN21. The number of hydrogen-bond donors (Lipinski definition) is 1. The predicted octanol–water partition coefficient (Wildman–Crippen LogP) is 6.59. The van der Waals surface area contributed by atoms with E-state index in [4.69, 9.17) is 44.6 Å². The Labute approximate surface area is 182 Å². The van der Waals surface area contributed by atoms with E-state index >= 15 is 0 Å². The number of halogens is 3. The van der Waals surface area contributed by atoms with Gasteiger partial charge in [0.2, 0.25) is 6.23 Å². The smallest absolute Gasteiger partial charge is 0.217 e. The predicted molar refractivity (Wildman–Crippen MR) is 115 cm³/mol. The third-order valence-electron chi connectivity index (χ3n) is 5.18. The number of fused-ring (bicyclic) bond motifs is 3. The zero-order chi connectivity index (χ0) is 20.1. The molecule has 0 spiro atoms. The van der Waals surface area contributed by atoms with Gasteiger partial charge in [0.1, 0.15) is 11.5 Å². The van der Waals surface area contributed by atoms with E-state index in [1.807, 2.05) is 41.4 Å². The first-order chi connectivity index (χ1) is 14.0. The molecule has 0 saturated carbocycles. The minimum absolute atomic E-state index is 0.0773. The van der Waals surface area contributed by atoms with Crippen LogP contribution in [0.3, 0.4) is 0 Å². The van der Waals surface area contributed by atoms with Crippen LogP contribution >= 0.6 is 34.8 Å². The molecule has 2 aliphatic rings. The fourth-order valence-electron chi connectivity index (χ4n) is 3.80. The fourth-order valence-corrected chi connectivity index (χ4v) is 4.29. The molecule has 0 saturated heterocycles. The molecule has 0 amide bonds. The molecule has 2 atom stereocenters. The molecule has 2 aliphatic heterocycles. The zero-order valence-electron chi connectivity index (χ0n) is 15.0. The van der Waals surface area contributed by atoms with Crippen molar-refractivity contribution in [3.63, 3.8) is 0 Å². The number of hydrogen-bond acceptors (Lipinski definition) is 4. The quantitative estimate of drug-likeness (QED) is 0.483. The van der Waals surface area contributed by atoms with E-state index in [9.17, 15) is 5.11 Å². The first-order valence-electron chi connectivity index (χ1n) is 9.06. The molecule has 2 heterocycles. The van der Waals surface area contributed by atoms with E-state index in [0.717, 1.165) is 16.8 Å². The first-order valence-corrected chi connectivity index (χ1v) is 10.2. The van der Waals surface area contributed by atoms with E-state index < -0.39 is 6.23 Å². The number of benzene rings is 3. The highest BCUT2D eigenvalue weighted by atomic mass is 35.5. The molecular formula is C22H15Cl3N2O2. The number of phenolic OH excluding ortho intramolecular Hbond substituents is 1. The van der Waals surface area contributed by atoms with Crippen LogP contribution in [0.1, 0.15) is 35.4 Å². The van der Waals surface area contributed by atoms with Crippen LogP contribution in [0.5, 0.6) is 11.5 Å². The van der Waals surface area contributed by atoms with E-state index in [0.29, 0.717) is 32.8 Å². The largest absolute Gasteiger partial charge is 0.507 e. The van der Waals surface area contributed by atoms with Gasteiger partial charge in [-0.3, -0.25) is 0 Å². The zero-order valence-corrected chi connectivity index (χ0v) is 17.3. The van der Waals surface area contributed by atoms with Gasteiger partial charge in [-0.2, -0.15) is 5.10 Å². The van der Waals surface area contributed by atoms with Gasteiger partial charge in [-0.1, -0.05) is 46.9 Å². The van der Waals surface area contributed by atoms with Gasteiger partial charge in [0.15, 0.2) is 0 Å². The Bertz CT molecular complexity index is 1130. The molecular weight excluding hydrogens is 431 g/mol. The molecule has 0 fully saturated rings. The Kier molecular flexibility index (Phi) is 4.58. The third-order valence-corrected chi connectivity index (χ3v) is 5.91. The summed E-state index contributed by atoms with van der Waals surface area (Å²) in [6, 6.07) is 18.0. The monoisotopic (exact) mass is 444 g/mol. The van der Waals surface area contributed by atoms with E-state index in [1.54, 1.807) is 24.3 Å². The Hall–Kier alpha value is -2.40. The van der Waals surface area contributed by atoms with Crippen LogP contribution in [-0.2, 0) is 0 Å². The number of ether oxygens (including phenoxy) is 1. The second-order valence-electron chi connectivity index (χ2n) is 7.01. The van der Waals surface area contributed by atoms with Gasteiger partial charge < -0.3 is 9.84 Å². The van der Waals surface area contributed by atoms with Crippen LogP contribution in [-0.4, -0.2) is 15.8 Å². The summed E-state index contributed by atoms with van der Waals surface area (Å²) in [5.74, 6) is 0.818. The number of phenols is 1. The Morgan fingerprint density at radius 1 is 0.862 bits per heavy atom. The molecule has 146 valence electrons. The number of rotatable bonds is 2. The van der Waals surface area contributed by atoms with Crippen LogP contribution in [0.4, 0.5) is 0 Å². The van der Waals surface area contributed by atoms with Gasteiger partial charge in [-0.15, -0.1) is 0 Å². The minimum atomic E-state index is -0.614. The lowest BCUT2D eigenvalue weighted by molar-refractivity contribution is -0.0203. The van der Waals surface area contributed by atoms with Crippen molar-refractivity contribution >= 4 is 40.5 Å². The lowest BCUT2D eigenvalue weighted by Gasteiger charge is -2.38. The summed E-state index contributed by atoms with van der Waals surface area (Å²) < 4.78 is 6.25. The summed E-state index contributed by atoms with van der Waals surface area (Å²) in [6.07, 6.45) is 0.0630. The minimum Gasteiger partial charge on any atom is -0.507 e. The van der Waals surface area contributed by atoms with Crippen molar-refractivity contribution in [3.05, 3.63) is 92.4 Å². The molecule has 29 heavy (non-hydrogen) atoms. The normalized spacial score (nSPS) is 20.0. The summed E-state index contributed by atoms with van der Waals surface area (Å²) in [4.78, 5) is 0. The maximum absolute atomic E-state index is 10.5. The second-order valence-corrected chi connectivity index (χ2v) is 8.32. The van der Waals surface area contributed by atoms with Crippen molar-refractivity contribution in [2.24, 2.45) is 5.10 Å². The highest BCUT2D eigenvalue weighted by molar-refractivity contribution is 6.31. The molecule has 4 nitrogen and oxygen atoms in total. The molecule has 5 rings (SSSR count). The number of hydrazone groups is 1. The molecule has 3 aromatic rings. The standard InChI is InChI=1S/C22H15Cl3N2O2/c23-13-3-1-12(2-4-13)18-11-19-16-9-15(25)6-8-21(16)29-22(27(19)26-18)17-10-14(24)5-7-20(17)28/h1-10,19,22,28H,11H2. The summed E-state index contributed by atoms with van der Waals surface area (Å²) in [6.45, 7) is 0. The molecule has 0 bridgehead atoms. The molecule has 0 aliphatic carbocycles. The van der Waals surface area contributed by atoms with Gasteiger partial charge in [0.05, 0.1) is 17.3 Å². The molecule has 0 radical (unpaired) electrons. The maximum atomic E-state index is 10.5. The van der Waals surface area contributed by atoms with Crippen LogP contribution in [0, 0.1) is 0 Å². The van der Waals surface area contributed by atoms with Crippen molar-refractivity contribution in [1.29, 1.82) is 0 Å². The fraction of sp³-hybridized carbons (Fsp3) is 0.136. The van der Waals surface area contributed by atoms with Gasteiger partial charge >= 0.3 is 0 Å². The summed E-state index contributed by atoms with van der Waals surface area (Å²) in [7, 11) is 0. The van der Waals surface area contributed by atoms with E-state index in [2.05, 4.69) is 0 Å². The lowest BCUT2D eigenvalue weighted by Crippen LogP contribution is -2.33.